The Bertz CT molecular complexity index is 1430. The summed E-state index contributed by atoms with van der Waals surface area (Å²) < 4.78 is 6.19. The van der Waals surface area contributed by atoms with Crippen LogP contribution in [-0.2, 0) is 9.53 Å². The topological polar surface area (TPSA) is 26.3 Å². The number of benzene rings is 3. The predicted molar refractivity (Wildman–Crippen MR) is 140 cm³/mol. The number of carbonyl (C=O) groups excluding carboxylic acids is 1. The van der Waals surface area contributed by atoms with Crippen molar-refractivity contribution < 1.29 is 9.53 Å². The second-order valence-corrected chi connectivity index (χ2v) is 9.76. The van der Waals surface area contributed by atoms with Gasteiger partial charge in [0.15, 0.2) is 5.78 Å². The molecule has 2 nitrogen and oxygen atoms in total. The van der Waals surface area contributed by atoms with E-state index in [1.807, 2.05) is 30.3 Å². The fourth-order valence-corrected chi connectivity index (χ4v) is 5.45. The molecule has 3 aromatic rings. The number of rotatable bonds is 6. The molecule has 3 aliphatic rings. The predicted octanol–water partition coefficient (Wildman–Crippen LogP) is 7.42. The number of ether oxygens (including phenoxy) is 1. The normalized spacial score (nSPS) is 19.0. The highest BCUT2D eigenvalue weighted by molar-refractivity contribution is 6.51. The van der Waals surface area contributed by atoms with Gasteiger partial charge in [-0.3, -0.25) is 4.79 Å². The Morgan fingerprint density at radius 1 is 0.853 bits per heavy atom. The van der Waals surface area contributed by atoms with E-state index in [2.05, 4.69) is 68.5 Å². The summed E-state index contributed by atoms with van der Waals surface area (Å²) >= 11 is 0. The highest BCUT2D eigenvalue weighted by Crippen LogP contribution is 2.56. The fourth-order valence-electron chi connectivity index (χ4n) is 5.45. The molecule has 1 unspecified atom stereocenters. The molecule has 0 saturated heterocycles. The van der Waals surface area contributed by atoms with Gasteiger partial charge in [-0.2, -0.15) is 0 Å². The number of hydrogen-bond acceptors (Lipinski definition) is 2. The molecule has 0 heterocycles. The van der Waals surface area contributed by atoms with Crippen molar-refractivity contribution in [2.45, 2.75) is 32.8 Å². The lowest BCUT2D eigenvalue weighted by atomic mass is 9.90. The van der Waals surface area contributed by atoms with Gasteiger partial charge < -0.3 is 4.74 Å². The van der Waals surface area contributed by atoms with Crippen LogP contribution in [0.2, 0.25) is 0 Å². The zero-order valence-electron chi connectivity index (χ0n) is 19.7. The molecule has 2 heteroatoms. The SMILES string of the molecule is CC(C)CCOC1C=C(C2=C3C(=C(c4ccccc4)C2=O)c2cccc4cccc3c24)C=CC1. The van der Waals surface area contributed by atoms with Gasteiger partial charge in [0, 0.05) is 28.9 Å². The van der Waals surface area contributed by atoms with Crippen LogP contribution in [0.4, 0.5) is 0 Å². The highest BCUT2D eigenvalue weighted by Gasteiger charge is 2.40. The van der Waals surface area contributed by atoms with Crippen LogP contribution in [0, 0.1) is 5.92 Å². The second kappa shape index (κ2) is 8.38. The summed E-state index contributed by atoms with van der Waals surface area (Å²) in [6.07, 6.45) is 8.31. The number of ketones is 1. The molecular formula is C32H28O2. The zero-order valence-corrected chi connectivity index (χ0v) is 19.7. The van der Waals surface area contributed by atoms with Gasteiger partial charge in [-0.1, -0.05) is 92.7 Å². The highest BCUT2D eigenvalue weighted by atomic mass is 16.5. The van der Waals surface area contributed by atoms with E-state index < -0.39 is 0 Å². The Morgan fingerprint density at radius 2 is 1.56 bits per heavy atom. The third kappa shape index (κ3) is 3.33. The van der Waals surface area contributed by atoms with E-state index in [1.165, 1.54) is 10.8 Å². The Labute approximate surface area is 201 Å². The van der Waals surface area contributed by atoms with E-state index >= 15 is 0 Å². The lowest BCUT2D eigenvalue weighted by molar-refractivity contribution is -0.110. The van der Waals surface area contributed by atoms with Crippen molar-refractivity contribution in [1.82, 2.24) is 0 Å². The van der Waals surface area contributed by atoms with E-state index in [1.54, 1.807) is 0 Å². The first-order chi connectivity index (χ1) is 16.6. The summed E-state index contributed by atoms with van der Waals surface area (Å²) in [4.78, 5) is 14.1. The summed E-state index contributed by atoms with van der Waals surface area (Å²) in [6.45, 7) is 5.17. The van der Waals surface area contributed by atoms with E-state index in [4.69, 9.17) is 4.74 Å². The van der Waals surface area contributed by atoms with E-state index in [0.717, 1.165) is 64.0 Å². The van der Waals surface area contributed by atoms with Crippen molar-refractivity contribution in [3.05, 3.63) is 113 Å². The minimum absolute atomic E-state index is 0.00319. The summed E-state index contributed by atoms with van der Waals surface area (Å²) in [5, 5.41) is 2.46. The zero-order chi connectivity index (χ0) is 23.2. The molecule has 3 aliphatic carbocycles. The van der Waals surface area contributed by atoms with Crippen LogP contribution in [0.25, 0.3) is 27.5 Å². The van der Waals surface area contributed by atoms with Crippen LogP contribution in [0.3, 0.4) is 0 Å². The van der Waals surface area contributed by atoms with Crippen molar-refractivity contribution in [2.75, 3.05) is 6.61 Å². The first kappa shape index (κ1) is 21.1. The maximum absolute atomic E-state index is 14.1. The van der Waals surface area contributed by atoms with E-state index in [-0.39, 0.29) is 11.9 Å². The van der Waals surface area contributed by atoms with Gasteiger partial charge in [0.25, 0.3) is 0 Å². The van der Waals surface area contributed by atoms with Gasteiger partial charge in [0.1, 0.15) is 0 Å². The van der Waals surface area contributed by atoms with Crippen LogP contribution >= 0.6 is 0 Å². The number of fused-ring (bicyclic) bond motifs is 3. The molecule has 0 aliphatic heterocycles. The third-order valence-electron chi connectivity index (χ3n) is 7.06. The summed E-state index contributed by atoms with van der Waals surface area (Å²) in [5.41, 5.74) is 8.06. The molecule has 34 heavy (non-hydrogen) atoms. The monoisotopic (exact) mass is 444 g/mol. The van der Waals surface area contributed by atoms with Gasteiger partial charge in [-0.05, 0) is 57.9 Å². The summed E-state index contributed by atoms with van der Waals surface area (Å²) in [6, 6.07) is 23.0. The van der Waals surface area contributed by atoms with Crippen molar-refractivity contribution in [3.63, 3.8) is 0 Å². The standard InChI is InChI=1S/C32H28O2/c1-20(2)17-18-34-24-14-6-13-23(19-24)29-31-26-16-8-12-21-11-7-15-25(27(21)26)30(31)28(32(29)33)22-9-4-3-5-10-22/h3-13,15-16,19-20,24H,14,17-18H2,1-2H3. The van der Waals surface area contributed by atoms with Crippen LogP contribution < -0.4 is 0 Å². The first-order valence-electron chi connectivity index (χ1n) is 12.3. The third-order valence-corrected chi connectivity index (χ3v) is 7.06. The summed E-state index contributed by atoms with van der Waals surface area (Å²) in [5.74, 6) is 0.725. The molecule has 0 bridgehead atoms. The van der Waals surface area contributed by atoms with Gasteiger partial charge in [0.05, 0.1) is 6.10 Å². The molecule has 3 aromatic carbocycles. The van der Waals surface area contributed by atoms with Crippen molar-refractivity contribution in [2.24, 2.45) is 5.92 Å². The quantitative estimate of drug-likeness (QED) is 0.395. The molecule has 0 N–H and O–H groups in total. The number of allylic oxidation sites excluding steroid dienone is 6. The van der Waals surface area contributed by atoms with Gasteiger partial charge >= 0.3 is 0 Å². The second-order valence-electron chi connectivity index (χ2n) is 9.76. The lowest BCUT2D eigenvalue weighted by Crippen LogP contribution is -2.16. The maximum atomic E-state index is 14.1. The lowest BCUT2D eigenvalue weighted by Gasteiger charge is -2.19. The van der Waals surface area contributed by atoms with E-state index in [0.29, 0.717) is 5.92 Å². The molecule has 6 rings (SSSR count). The van der Waals surface area contributed by atoms with Crippen LogP contribution in [0.5, 0.6) is 0 Å². The number of hydrogen-bond donors (Lipinski definition) is 0. The Morgan fingerprint density at radius 3 is 2.26 bits per heavy atom. The largest absolute Gasteiger partial charge is 0.374 e. The molecule has 1 atom stereocenters. The van der Waals surface area contributed by atoms with Crippen molar-refractivity contribution in [3.8, 4) is 0 Å². The number of carbonyl (C=O) groups is 1. The Balaban J connectivity index is 1.52. The Kier molecular flexibility index (Phi) is 5.19. The molecule has 0 saturated carbocycles. The molecule has 0 amide bonds. The van der Waals surface area contributed by atoms with Gasteiger partial charge in [-0.25, -0.2) is 0 Å². The number of Topliss-reactive ketones (excluding diaryl/α,β-unsaturated/α-hetero) is 1. The minimum atomic E-state index is 0.00319. The molecule has 168 valence electrons. The van der Waals surface area contributed by atoms with Crippen LogP contribution in [0.1, 0.15) is 43.4 Å². The van der Waals surface area contributed by atoms with Crippen molar-refractivity contribution >= 4 is 33.3 Å². The average molecular weight is 445 g/mol. The molecule has 0 aromatic heterocycles. The molecule has 0 spiro atoms. The maximum Gasteiger partial charge on any atom is 0.195 e. The Hall–Kier alpha value is -3.49. The van der Waals surface area contributed by atoms with Crippen LogP contribution in [0.15, 0.2) is 96.1 Å². The van der Waals surface area contributed by atoms with E-state index in [9.17, 15) is 4.79 Å². The van der Waals surface area contributed by atoms with Crippen molar-refractivity contribution in [1.29, 1.82) is 0 Å². The smallest absolute Gasteiger partial charge is 0.195 e. The summed E-state index contributed by atoms with van der Waals surface area (Å²) in [7, 11) is 0. The molecular weight excluding hydrogens is 416 g/mol. The fraction of sp³-hybridized carbons (Fsp3) is 0.219. The molecule has 0 fully saturated rings. The van der Waals surface area contributed by atoms with Gasteiger partial charge in [0.2, 0.25) is 0 Å². The average Bonchev–Trinajstić information content (AvgIpc) is 3.33. The first-order valence-corrected chi connectivity index (χ1v) is 12.3. The molecule has 0 radical (unpaired) electrons. The van der Waals surface area contributed by atoms with Crippen LogP contribution in [-0.4, -0.2) is 18.5 Å². The van der Waals surface area contributed by atoms with Gasteiger partial charge in [-0.15, -0.1) is 0 Å². The minimum Gasteiger partial charge on any atom is -0.374 e.